The maximum Gasteiger partial charge on any atom is 0.164 e. The zero-order valence-electron chi connectivity index (χ0n) is 24.3. The van der Waals surface area contributed by atoms with Gasteiger partial charge in [-0.25, -0.2) is 15.0 Å². The summed E-state index contributed by atoms with van der Waals surface area (Å²) in [5, 5.41) is 2.16. The van der Waals surface area contributed by atoms with E-state index in [2.05, 4.69) is 85.0 Å². The molecule has 2 atom stereocenters. The van der Waals surface area contributed by atoms with Gasteiger partial charge in [-0.05, 0) is 46.5 Å². The van der Waals surface area contributed by atoms with Crippen LogP contribution in [-0.4, -0.2) is 15.0 Å². The van der Waals surface area contributed by atoms with Crippen molar-refractivity contribution in [1.29, 1.82) is 0 Å². The Kier molecular flexibility index (Phi) is 5.91. The highest BCUT2D eigenvalue weighted by Crippen LogP contribution is 2.44. The molecule has 2 heterocycles. The molecule has 0 saturated heterocycles. The molecule has 0 aliphatic heterocycles. The summed E-state index contributed by atoms with van der Waals surface area (Å²) in [6.07, 6.45) is 11.3. The average molecular weight is 578 g/mol. The van der Waals surface area contributed by atoms with Crippen molar-refractivity contribution in [3.63, 3.8) is 0 Å². The van der Waals surface area contributed by atoms with Crippen LogP contribution < -0.4 is 0 Å². The fourth-order valence-corrected chi connectivity index (χ4v) is 6.68. The Labute approximate surface area is 260 Å². The highest BCUT2D eigenvalue weighted by molar-refractivity contribution is 6.07. The van der Waals surface area contributed by atoms with Crippen LogP contribution in [0.25, 0.3) is 61.7 Å². The molecule has 2 aromatic heterocycles. The van der Waals surface area contributed by atoms with Crippen LogP contribution in [0.3, 0.4) is 0 Å². The molecular weight excluding hydrogens is 550 g/mol. The highest BCUT2D eigenvalue weighted by Gasteiger charge is 2.28. The van der Waals surface area contributed by atoms with Crippen LogP contribution in [-0.2, 0) is 0 Å². The minimum atomic E-state index is 0.343. The van der Waals surface area contributed by atoms with Crippen LogP contribution in [0, 0.1) is 5.92 Å². The third kappa shape index (κ3) is 4.42. The van der Waals surface area contributed by atoms with Crippen LogP contribution in [0.5, 0.6) is 0 Å². The third-order valence-corrected chi connectivity index (χ3v) is 8.89. The van der Waals surface area contributed by atoms with Crippen molar-refractivity contribution in [1.82, 2.24) is 15.0 Å². The number of allylic oxidation sites excluding steroid dienone is 5. The number of rotatable bonds is 4. The van der Waals surface area contributed by atoms with E-state index >= 15 is 0 Å². The van der Waals surface area contributed by atoms with E-state index in [1.807, 2.05) is 66.7 Å². The largest absolute Gasteiger partial charge is 0.456 e. The summed E-state index contributed by atoms with van der Waals surface area (Å²) < 4.78 is 6.55. The molecule has 0 N–H and O–H groups in total. The van der Waals surface area contributed by atoms with E-state index in [9.17, 15) is 0 Å². The molecular formula is C41H27N3O. The molecule has 0 bridgehead atoms. The quantitative estimate of drug-likeness (QED) is 0.209. The van der Waals surface area contributed by atoms with E-state index in [-0.39, 0.29) is 0 Å². The molecule has 9 rings (SSSR count). The smallest absolute Gasteiger partial charge is 0.164 e. The summed E-state index contributed by atoms with van der Waals surface area (Å²) in [5.74, 6) is 2.61. The minimum Gasteiger partial charge on any atom is -0.456 e. The zero-order valence-corrected chi connectivity index (χ0v) is 24.3. The van der Waals surface area contributed by atoms with Crippen molar-refractivity contribution in [2.75, 3.05) is 0 Å². The second-order valence-corrected chi connectivity index (χ2v) is 11.6. The summed E-state index contributed by atoms with van der Waals surface area (Å²) in [5.41, 5.74) is 9.51. The first-order valence-electron chi connectivity index (χ1n) is 15.3. The van der Waals surface area contributed by atoms with Crippen LogP contribution in [0.15, 0.2) is 156 Å². The highest BCUT2D eigenvalue weighted by atomic mass is 16.3. The lowest BCUT2D eigenvalue weighted by Gasteiger charge is -2.30. The molecule has 7 aromatic rings. The number of fused-ring (bicyclic) bond motifs is 6. The minimum absolute atomic E-state index is 0.343. The Balaban J connectivity index is 1.15. The van der Waals surface area contributed by atoms with Gasteiger partial charge in [0.05, 0.1) is 0 Å². The van der Waals surface area contributed by atoms with E-state index in [4.69, 9.17) is 19.4 Å². The molecule has 4 nitrogen and oxygen atoms in total. The molecule has 0 spiro atoms. The number of hydrogen-bond acceptors (Lipinski definition) is 4. The molecule has 0 fully saturated rings. The number of hydrogen-bond donors (Lipinski definition) is 0. The maximum atomic E-state index is 6.55. The molecule has 2 aliphatic carbocycles. The van der Waals surface area contributed by atoms with Gasteiger partial charge >= 0.3 is 0 Å². The fraction of sp³-hybridized carbons (Fsp3) is 0.0488. The summed E-state index contributed by atoms with van der Waals surface area (Å²) in [7, 11) is 0. The van der Waals surface area contributed by atoms with Gasteiger partial charge in [0.2, 0.25) is 0 Å². The topological polar surface area (TPSA) is 51.8 Å². The van der Waals surface area contributed by atoms with Gasteiger partial charge in [-0.2, -0.15) is 0 Å². The zero-order chi connectivity index (χ0) is 29.7. The molecule has 5 aromatic carbocycles. The number of furan rings is 1. The summed E-state index contributed by atoms with van der Waals surface area (Å²) in [6.45, 7) is 0. The van der Waals surface area contributed by atoms with Gasteiger partial charge in [0.15, 0.2) is 17.5 Å². The van der Waals surface area contributed by atoms with Crippen LogP contribution in [0.1, 0.15) is 22.6 Å². The summed E-state index contributed by atoms with van der Waals surface area (Å²) in [4.78, 5) is 14.6. The summed E-state index contributed by atoms with van der Waals surface area (Å²) >= 11 is 0. The Morgan fingerprint density at radius 3 is 1.73 bits per heavy atom. The number of aromatic nitrogens is 3. The first-order valence-corrected chi connectivity index (χ1v) is 15.3. The van der Waals surface area contributed by atoms with Crippen molar-refractivity contribution < 1.29 is 4.42 Å². The van der Waals surface area contributed by atoms with Gasteiger partial charge in [-0.15, -0.1) is 0 Å². The van der Waals surface area contributed by atoms with Gasteiger partial charge in [-0.3, -0.25) is 0 Å². The molecule has 2 aliphatic rings. The lowest BCUT2D eigenvalue weighted by atomic mass is 9.73. The number of nitrogens with zero attached hydrogens (tertiary/aromatic N) is 3. The monoisotopic (exact) mass is 577 g/mol. The fourth-order valence-electron chi connectivity index (χ4n) is 6.68. The lowest BCUT2D eigenvalue weighted by Crippen LogP contribution is -2.16. The second-order valence-electron chi connectivity index (χ2n) is 11.6. The van der Waals surface area contributed by atoms with E-state index in [0.29, 0.717) is 29.3 Å². The predicted molar refractivity (Wildman–Crippen MR) is 181 cm³/mol. The van der Waals surface area contributed by atoms with Gasteiger partial charge in [0.25, 0.3) is 0 Å². The van der Waals surface area contributed by atoms with Gasteiger partial charge in [0, 0.05) is 39.3 Å². The lowest BCUT2D eigenvalue weighted by molar-refractivity contribution is 0.668. The number of benzene rings is 5. The van der Waals surface area contributed by atoms with Crippen LogP contribution in [0.4, 0.5) is 0 Å². The van der Waals surface area contributed by atoms with Crippen molar-refractivity contribution >= 4 is 27.5 Å². The molecule has 0 amide bonds. The van der Waals surface area contributed by atoms with E-state index < -0.39 is 0 Å². The SMILES string of the molecule is C1=CC2C=C(c3ccc4c(c3)oc3cc(-c5nc(-c6ccccc6)nc(-c6ccccc6)n5)ccc34)c3ccccc3C2C=C1. The normalized spacial score (nSPS) is 16.8. The second kappa shape index (κ2) is 10.4. The van der Waals surface area contributed by atoms with Crippen molar-refractivity contribution in [2.45, 2.75) is 5.92 Å². The predicted octanol–water partition coefficient (Wildman–Crippen LogP) is 10.0. The van der Waals surface area contributed by atoms with Crippen molar-refractivity contribution in [3.05, 3.63) is 168 Å². The molecule has 4 heteroatoms. The van der Waals surface area contributed by atoms with Gasteiger partial charge < -0.3 is 4.42 Å². The molecule has 2 unspecified atom stereocenters. The van der Waals surface area contributed by atoms with E-state index in [0.717, 1.165) is 44.2 Å². The van der Waals surface area contributed by atoms with Gasteiger partial charge in [0.1, 0.15) is 11.2 Å². The van der Waals surface area contributed by atoms with E-state index in [1.54, 1.807) is 0 Å². The average Bonchev–Trinajstić information content (AvgIpc) is 3.49. The molecule has 0 saturated carbocycles. The Bertz CT molecular complexity index is 2270. The molecule has 212 valence electrons. The Morgan fingerprint density at radius 1 is 0.489 bits per heavy atom. The van der Waals surface area contributed by atoms with Crippen LogP contribution >= 0.6 is 0 Å². The molecule has 45 heavy (non-hydrogen) atoms. The maximum absolute atomic E-state index is 6.55. The van der Waals surface area contributed by atoms with Gasteiger partial charge in [-0.1, -0.05) is 127 Å². The van der Waals surface area contributed by atoms with Crippen LogP contribution in [0.2, 0.25) is 0 Å². The van der Waals surface area contributed by atoms with Crippen molar-refractivity contribution in [3.8, 4) is 34.2 Å². The first-order chi connectivity index (χ1) is 22.3. The summed E-state index contributed by atoms with van der Waals surface area (Å²) in [6, 6.07) is 41.7. The standard InChI is InChI=1S/C41H27N3O/c1-3-11-26(12-4-1)39-42-40(27-13-5-2-6-14-27)44-41(43-39)30-20-22-35-34-21-19-29(24-37(34)45-38(35)25-30)36-23-28-15-7-8-16-31(28)32-17-9-10-18-33(32)36/h1-25,28,31H. The Hall–Kier alpha value is -5.87. The third-order valence-electron chi connectivity index (χ3n) is 8.89. The van der Waals surface area contributed by atoms with Crippen molar-refractivity contribution in [2.24, 2.45) is 5.92 Å². The first kappa shape index (κ1) is 25.6. The Morgan fingerprint density at radius 2 is 1.04 bits per heavy atom. The molecule has 0 radical (unpaired) electrons. The van der Waals surface area contributed by atoms with E-state index in [1.165, 1.54) is 16.7 Å².